The molecule has 5 nitrogen and oxygen atoms in total. The zero-order valence-electron chi connectivity index (χ0n) is 18.8. The molecule has 3 saturated carbocycles. The first kappa shape index (κ1) is 21.7. The molecule has 6 atom stereocenters. The molecule has 0 saturated heterocycles. The summed E-state index contributed by atoms with van der Waals surface area (Å²) in [5, 5.41) is 0. The van der Waals surface area contributed by atoms with Crippen molar-refractivity contribution in [2.75, 3.05) is 6.54 Å². The van der Waals surface area contributed by atoms with E-state index in [9.17, 15) is 14.4 Å². The Morgan fingerprint density at radius 1 is 1.10 bits per heavy atom. The second kappa shape index (κ2) is 7.58. The van der Waals surface area contributed by atoms with Crippen molar-refractivity contribution in [1.82, 2.24) is 0 Å². The van der Waals surface area contributed by atoms with Crippen molar-refractivity contribution in [2.45, 2.75) is 90.6 Å². The molecule has 30 heavy (non-hydrogen) atoms. The van der Waals surface area contributed by atoms with Crippen LogP contribution in [-0.2, 0) is 19.1 Å². The molecule has 0 aromatic rings. The summed E-state index contributed by atoms with van der Waals surface area (Å²) in [7, 11) is 0. The molecule has 0 unspecified atom stereocenters. The highest BCUT2D eigenvalue weighted by Gasteiger charge is 2.67. The third-order valence-electron chi connectivity index (χ3n) is 9.52. The Morgan fingerprint density at radius 3 is 2.53 bits per heavy atom. The van der Waals surface area contributed by atoms with Gasteiger partial charge in [-0.15, -0.1) is 0 Å². The number of hydrogen-bond acceptors (Lipinski definition) is 5. The lowest BCUT2D eigenvalue weighted by atomic mass is 9.46. The minimum Gasteiger partial charge on any atom is -0.450 e. The molecule has 0 spiro atoms. The normalized spacial score (nSPS) is 42.6. The molecule has 3 fully saturated rings. The van der Waals surface area contributed by atoms with Crippen LogP contribution in [0.1, 0.15) is 85.0 Å². The van der Waals surface area contributed by atoms with E-state index in [1.165, 1.54) is 5.57 Å². The van der Waals surface area contributed by atoms with Crippen LogP contribution in [-0.4, -0.2) is 29.7 Å². The molecular weight excluding hydrogens is 378 g/mol. The number of hydrogen-bond donors (Lipinski definition) is 1. The standard InChI is InChI=1S/C25H37NO4/c1-16(27)25(30-22(29)5-4-14-26)13-10-21-19-7-6-17-15-18(28)8-11-23(17,2)20(19)9-12-24(21,25)3/h15,19-21H,4-14,26H2,1-3H3/t19-,20+,21+,23+,24+,25+/m1/s1. The lowest BCUT2D eigenvalue weighted by Gasteiger charge is -2.59. The largest absolute Gasteiger partial charge is 0.450 e. The number of fused-ring (bicyclic) bond motifs is 5. The van der Waals surface area contributed by atoms with Gasteiger partial charge in [-0.2, -0.15) is 0 Å². The number of allylic oxidation sites excluding steroid dienone is 1. The second-order valence-electron chi connectivity index (χ2n) is 10.7. The van der Waals surface area contributed by atoms with Gasteiger partial charge in [0.05, 0.1) is 0 Å². The number of carbonyl (C=O) groups excluding carboxylic acids is 3. The van der Waals surface area contributed by atoms with E-state index in [1.54, 1.807) is 6.92 Å². The van der Waals surface area contributed by atoms with E-state index in [1.807, 2.05) is 6.08 Å². The molecule has 2 N–H and O–H groups in total. The highest BCUT2D eigenvalue weighted by molar-refractivity contribution is 5.91. The average molecular weight is 416 g/mol. The monoisotopic (exact) mass is 415 g/mol. The van der Waals surface area contributed by atoms with E-state index in [4.69, 9.17) is 10.5 Å². The first-order valence-corrected chi connectivity index (χ1v) is 11.8. The maximum Gasteiger partial charge on any atom is 0.306 e. The van der Waals surface area contributed by atoms with Gasteiger partial charge in [0.15, 0.2) is 17.2 Å². The predicted octanol–water partition coefficient (Wildman–Crippen LogP) is 4.13. The summed E-state index contributed by atoms with van der Waals surface area (Å²) in [5.74, 6) is 1.47. The minimum absolute atomic E-state index is 0.00193. The highest BCUT2D eigenvalue weighted by atomic mass is 16.6. The SMILES string of the molecule is CC(=O)[C@@]1(OC(=O)CCCN)CC[C@H]2[C@@H]3CCC4=CC(=O)CC[C@]4(C)[C@H]3CC[C@@]21C. The molecule has 5 heteroatoms. The van der Waals surface area contributed by atoms with E-state index in [0.29, 0.717) is 43.6 Å². The summed E-state index contributed by atoms with van der Waals surface area (Å²) in [6.45, 7) is 6.62. The Bertz CT molecular complexity index is 788. The van der Waals surface area contributed by atoms with E-state index in [0.717, 1.165) is 38.5 Å². The van der Waals surface area contributed by atoms with E-state index >= 15 is 0 Å². The zero-order chi connectivity index (χ0) is 21.7. The lowest BCUT2D eigenvalue weighted by Crippen LogP contribution is -2.58. The molecule has 4 aliphatic carbocycles. The molecule has 0 radical (unpaired) electrons. The molecule has 4 aliphatic rings. The molecule has 0 aliphatic heterocycles. The summed E-state index contributed by atoms with van der Waals surface area (Å²) in [4.78, 5) is 37.6. The predicted molar refractivity (Wildman–Crippen MR) is 115 cm³/mol. The Balaban J connectivity index is 1.63. The summed E-state index contributed by atoms with van der Waals surface area (Å²) in [6.07, 6.45) is 9.98. The number of carbonyl (C=O) groups is 3. The summed E-state index contributed by atoms with van der Waals surface area (Å²) < 4.78 is 6.06. The van der Waals surface area contributed by atoms with E-state index in [2.05, 4.69) is 13.8 Å². The van der Waals surface area contributed by atoms with Crippen molar-refractivity contribution in [3.63, 3.8) is 0 Å². The van der Waals surface area contributed by atoms with E-state index < -0.39 is 5.60 Å². The van der Waals surface area contributed by atoms with Crippen LogP contribution < -0.4 is 5.73 Å². The topological polar surface area (TPSA) is 86.5 Å². The van der Waals surface area contributed by atoms with Crippen LogP contribution in [0.2, 0.25) is 0 Å². The number of rotatable bonds is 5. The van der Waals surface area contributed by atoms with Crippen molar-refractivity contribution in [1.29, 1.82) is 0 Å². The van der Waals surface area contributed by atoms with Crippen molar-refractivity contribution in [2.24, 2.45) is 34.3 Å². The van der Waals surface area contributed by atoms with E-state index in [-0.39, 0.29) is 34.8 Å². The lowest BCUT2D eigenvalue weighted by molar-refractivity contribution is -0.189. The second-order valence-corrected chi connectivity index (χ2v) is 10.7. The fourth-order valence-electron chi connectivity index (χ4n) is 7.87. The molecule has 0 amide bonds. The van der Waals surface area contributed by atoms with Gasteiger partial charge in [0, 0.05) is 18.3 Å². The quantitative estimate of drug-likeness (QED) is 0.682. The minimum atomic E-state index is -0.992. The molecule has 0 aromatic carbocycles. The van der Waals surface area contributed by atoms with Crippen LogP contribution in [0.5, 0.6) is 0 Å². The van der Waals surface area contributed by atoms with Gasteiger partial charge >= 0.3 is 5.97 Å². The fraction of sp³-hybridized carbons (Fsp3) is 0.800. The number of nitrogens with two attached hydrogens (primary N) is 1. The Kier molecular flexibility index (Phi) is 5.49. The summed E-state index contributed by atoms with van der Waals surface area (Å²) in [5.41, 5.74) is 5.72. The van der Waals surface area contributed by atoms with Gasteiger partial charge in [-0.25, -0.2) is 0 Å². The van der Waals surface area contributed by atoms with Gasteiger partial charge < -0.3 is 10.5 Å². The van der Waals surface area contributed by atoms with Crippen LogP contribution in [0.25, 0.3) is 0 Å². The Labute approximate surface area is 180 Å². The number of esters is 1. The number of ketones is 2. The molecule has 0 aromatic heterocycles. The highest BCUT2D eigenvalue weighted by Crippen LogP contribution is 2.68. The van der Waals surface area contributed by atoms with Crippen LogP contribution in [0.15, 0.2) is 11.6 Å². The third-order valence-corrected chi connectivity index (χ3v) is 9.52. The van der Waals surface area contributed by atoms with Gasteiger partial charge in [0.25, 0.3) is 0 Å². The first-order valence-electron chi connectivity index (χ1n) is 11.8. The van der Waals surface area contributed by atoms with Crippen molar-refractivity contribution in [3.05, 3.63) is 11.6 Å². The van der Waals surface area contributed by atoms with Gasteiger partial charge in [-0.3, -0.25) is 14.4 Å². The average Bonchev–Trinajstić information content (AvgIpc) is 3.00. The van der Waals surface area contributed by atoms with Crippen molar-refractivity contribution in [3.8, 4) is 0 Å². The Hall–Kier alpha value is -1.49. The van der Waals surface area contributed by atoms with Crippen molar-refractivity contribution < 1.29 is 19.1 Å². The maximum absolute atomic E-state index is 13.0. The molecule has 0 heterocycles. The van der Waals surface area contributed by atoms with Crippen LogP contribution in [0, 0.1) is 28.6 Å². The summed E-state index contributed by atoms with van der Waals surface area (Å²) in [6, 6.07) is 0. The smallest absolute Gasteiger partial charge is 0.306 e. The molecular formula is C25H37NO4. The van der Waals surface area contributed by atoms with Gasteiger partial charge in [0.2, 0.25) is 0 Å². The van der Waals surface area contributed by atoms with Crippen LogP contribution in [0.4, 0.5) is 0 Å². The molecule has 4 rings (SSSR count). The number of Topliss-reactive ketones (excluding diaryl/α,β-unsaturated/α-hetero) is 1. The fourth-order valence-corrected chi connectivity index (χ4v) is 7.87. The summed E-state index contributed by atoms with van der Waals surface area (Å²) >= 11 is 0. The molecule has 166 valence electrons. The van der Waals surface area contributed by atoms with Crippen LogP contribution in [0.3, 0.4) is 0 Å². The zero-order valence-corrected chi connectivity index (χ0v) is 18.8. The van der Waals surface area contributed by atoms with Gasteiger partial charge in [-0.1, -0.05) is 19.4 Å². The van der Waals surface area contributed by atoms with Crippen LogP contribution >= 0.6 is 0 Å². The number of ether oxygens (including phenoxy) is 1. The first-order chi connectivity index (χ1) is 14.2. The van der Waals surface area contributed by atoms with Crippen molar-refractivity contribution >= 4 is 17.5 Å². The third kappa shape index (κ3) is 3.03. The maximum atomic E-state index is 13.0. The van der Waals surface area contributed by atoms with Gasteiger partial charge in [-0.05, 0) is 94.1 Å². The molecule has 0 bridgehead atoms. The Morgan fingerprint density at radius 2 is 1.83 bits per heavy atom. The van der Waals surface area contributed by atoms with Gasteiger partial charge in [0.1, 0.15) is 0 Å².